The highest BCUT2D eigenvalue weighted by molar-refractivity contribution is 5.78. The lowest BCUT2D eigenvalue weighted by atomic mass is 10.1. The van der Waals surface area contributed by atoms with Gasteiger partial charge in [-0.05, 0) is 45.4 Å². The van der Waals surface area contributed by atoms with Crippen molar-refractivity contribution < 1.29 is 4.79 Å². The van der Waals surface area contributed by atoms with Crippen LogP contribution in [0.25, 0.3) is 0 Å². The van der Waals surface area contributed by atoms with Crippen molar-refractivity contribution in [1.82, 2.24) is 10.6 Å². The van der Waals surface area contributed by atoms with E-state index < -0.39 is 0 Å². The van der Waals surface area contributed by atoms with Crippen LogP contribution in [-0.4, -0.2) is 18.0 Å². The van der Waals surface area contributed by atoms with E-state index in [4.69, 9.17) is 5.26 Å². The van der Waals surface area contributed by atoms with Gasteiger partial charge in [0.05, 0.1) is 24.2 Å². The van der Waals surface area contributed by atoms with Crippen LogP contribution in [0.5, 0.6) is 0 Å². The van der Waals surface area contributed by atoms with Crippen molar-refractivity contribution in [2.45, 2.75) is 39.3 Å². The van der Waals surface area contributed by atoms with Gasteiger partial charge in [-0.2, -0.15) is 5.26 Å². The third kappa shape index (κ3) is 5.54. The predicted octanol–water partition coefficient (Wildman–Crippen LogP) is 2.12. The highest BCUT2D eigenvalue weighted by Gasteiger charge is 2.13. The summed E-state index contributed by atoms with van der Waals surface area (Å²) in [5, 5.41) is 14.8. The van der Waals surface area contributed by atoms with Crippen LogP contribution in [0.2, 0.25) is 0 Å². The maximum Gasteiger partial charge on any atom is 0.234 e. The smallest absolute Gasteiger partial charge is 0.234 e. The lowest BCUT2D eigenvalue weighted by Gasteiger charge is -2.21. The van der Waals surface area contributed by atoms with Gasteiger partial charge in [-0.15, -0.1) is 0 Å². The van der Waals surface area contributed by atoms with Gasteiger partial charge < -0.3 is 10.6 Å². The molecule has 102 valence electrons. The Balaban J connectivity index is 2.52. The summed E-state index contributed by atoms with van der Waals surface area (Å²) < 4.78 is 0. The molecule has 0 aliphatic heterocycles. The summed E-state index contributed by atoms with van der Waals surface area (Å²) in [5.41, 5.74) is 1.54. The second-order valence-corrected chi connectivity index (χ2v) is 5.63. The molecule has 0 bridgehead atoms. The van der Waals surface area contributed by atoms with Gasteiger partial charge in [0.15, 0.2) is 0 Å². The molecule has 2 N–H and O–H groups in total. The Morgan fingerprint density at radius 3 is 2.37 bits per heavy atom. The van der Waals surface area contributed by atoms with Gasteiger partial charge in [-0.1, -0.05) is 12.1 Å². The zero-order valence-electron chi connectivity index (χ0n) is 11.9. The fourth-order valence-corrected chi connectivity index (χ4v) is 1.57. The van der Waals surface area contributed by atoms with E-state index in [2.05, 4.69) is 16.7 Å². The number of amides is 1. The minimum atomic E-state index is -0.0744. The van der Waals surface area contributed by atoms with Gasteiger partial charge in [-0.3, -0.25) is 4.79 Å². The third-order valence-electron chi connectivity index (χ3n) is 2.70. The third-order valence-corrected chi connectivity index (χ3v) is 2.70. The average molecular weight is 259 g/mol. The molecule has 4 nitrogen and oxygen atoms in total. The molecule has 0 heterocycles. The van der Waals surface area contributed by atoms with E-state index in [1.54, 1.807) is 12.1 Å². The van der Waals surface area contributed by atoms with Gasteiger partial charge in [0.2, 0.25) is 5.91 Å². The Bertz CT molecular complexity index is 466. The molecule has 1 rings (SSSR count). The first-order valence-electron chi connectivity index (χ1n) is 6.36. The largest absolute Gasteiger partial charge is 0.348 e. The van der Waals surface area contributed by atoms with Crippen molar-refractivity contribution >= 4 is 5.91 Å². The molecule has 19 heavy (non-hydrogen) atoms. The number of nitrogens with one attached hydrogen (secondary N) is 2. The van der Waals surface area contributed by atoms with Gasteiger partial charge in [0.1, 0.15) is 0 Å². The molecule has 0 aliphatic carbocycles. The molecule has 0 radical (unpaired) electrons. The Labute approximate surface area is 114 Å². The summed E-state index contributed by atoms with van der Waals surface area (Å²) >= 11 is 0. The Morgan fingerprint density at radius 2 is 1.89 bits per heavy atom. The van der Waals surface area contributed by atoms with Crippen LogP contribution >= 0.6 is 0 Å². The SMILES string of the molecule is CC(NC(=O)CNC(C)(C)C)c1ccc(C#N)cc1. The fourth-order valence-electron chi connectivity index (χ4n) is 1.57. The number of hydrogen-bond acceptors (Lipinski definition) is 3. The molecule has 0 fully saturated rings. The lowest BCUT2D eigenvalue weighted by molar-refractivity contribution is -0.121. The monoisotopic (exact) mass is 259 g/mol. The van der Waals surface area contributed by atoms with E-state index in [-0.39, 0.29) is 17.5 Å². The lowest BCUT2D eigenvalue weighted by Crippen LogP contribution is -2.43. The summed E-state index contributed by atoms with van der Waals surface area (Å²) in [5.74, 6) is -0.0354. The molecule has 4 heteroatoms. The number of carbonyl (C=O) groups is 1. The van der Waals surface area contributed by atoms with Crippen LogP contribution in [0.15, 0.2) is 24.3 Å². The van der Waals surface area contributed by atoms with Crippen LogP contribution in [0.1, 0.15) is 44.9 Å². The minimum Gasteiger partial charge on any atom is -0.348 e. The molecule has 1 atom stereocenters. The standard InChI is InChI=1S/C15H21N3O/c1-11(13-7-5-12(9-16)6-8-13)18-14(19)10-17-15(2,3)4/h5-8,11,17H,10H2,1-4H3,(H,18,19). The first kappa shape index (κ1) is 15.2. The summed E-state index contributed by atoms with van der Waals surface area (Å²) in [4.78, 5) is 11.8. The van der Waals surface area contributed by atoms with Gasteiger partial charge in [-0.25, -0.2) is 0 Å². The van der Waals surface area contributed by atoms with Crippen molar-refractivity contribution in [3.8, 4) is 6.07 Å². The van der Waals surface area contributed by atoms with Crippen LogP contribution in [0.4, 0.5) is 0 Å². The molecule has 0 aromatic heterocycles. The summed E-state index contributed by atoms with van der Waals surface area (Å²) in [7, 11) is 0. The quantitative estimate of drug-likeness (QED) is 0.870. The Kier molecular flexibility index (Phi) is 5.08. The van der Waals surface area contributed by atoms with Crippen LogP contribution in [0.3, 0.4) is 0 Å². The van der Waals surface area contributed by atoms with Crippen LogP contribution in [-0.2, 0) is 4.79 Å². The van der Waals surface area contributed by atoms with Crippen molar-refractivity contribution in [3.63, 3.8) is 0 Å². The molecular formula is C15H21N3O. The molecule has 0 spiro atoms. The van der Waals surface area contributed by atoms with Crippen molar-refractivity contribution in [2.24, 2.45) is 0 Å². The number of carbonyl (C=O) groups excluding carboxylic acids is 1. The highest BCUT2D eigenvalue weighted by Crippen LogP contribution is 2.12. The molecule has 0 saturated carbocycles. The molecule has 1 unspecified atom stereocenters. The van der Waals surface area contributed by atoms with Gasteiger partial charge in [0.25, 0.3) is 0 Å². The van der Waals surface area contributed by atoms with E-state index in [9.17, 15) is 4.79 Å². The van der Waals surface area contributed by atoms with E-state index in [1.165, 1.54) is 0 Å². The zero-order valence-corrected chi connectivity index (χ0v) is 11.9. The second-order valence-electron chi connectivity index (χ2n) is 5.63. The van der Waals surface area contributed by atoms with Crippen molar-refractivity contribution in [2.75, 3.05) is 6.54 Å². The molecule has 0 saturated heterocycles. The van der Waals surface area contributed by atoms with Gasteiger partial charge in [0, 0.05) is 5.54 Å². The average Bonchev–Trinajstić information content (AvgIpc) is 2.35. The van der Waals surface area contributed by atoms with Crippen LogP contribution < -0.4 is 10.6 Å². The molecular weight excluding hydrogens is 238 g/mol. The fraction of sp³-hybridized carbons (Fsp3) is 0.467. The molecule has 1 aromatic rings. The van der Waals surface area contributed by atoms with Gasteiger partial charge >= 0.3 is 0 Å². The summed E-state index contributed by atoms with van der Waals surface area (Å²) in [6.45, 7) is 8.28. The normalized spacial score (nSPS) is 12.6. The summed E-state index contributed by atoms with van der Waals surface area (Å²) in [6, 6.07) is 9.24. The maximum absolute atomic E-state index is 11.8. The van der Waals surface area contributed by atoms with Crippen molar-refractivity contribution in [1.29, 1.82) is 5.26 Å². The topological polar surface area (TPSA) is 64.9 Å². The summed E-state index contributed by atoms with van der Waals surface area (Å²) in [6.07, 6.45) is 0. The number of hydrogen-bond donors (Lipinski definition) is 2. The maximum atomic E-state index is 11.8. The molecule has 1 amide bonds. The first-order chi connectivity index (χ1) is 8.81. The number of nitriles is 1. The molecule has 0 aliphatic rings. The first-order valence-corrected chi connectivity index (χ1v) is 6.36. The number of nitrogens with zero attached hydrogens (tertiary/aromatic N) is 1. The Morgan fingerprint density at radius 1 is 1.32 bits per heavy atom. The molecule has 1 aromatic carbocycles. The van der Waals surface area contributed by atoms with Crippen LogP contribution in [0, 0.1) is 11.3 Å². The highest BCUT2D eigenvalue weighted by atomic mass is 16.1. The minimum absolute atomic E-state index is 0.0354. The van der Waals surface area contributed by atoms with E-state index in [0.717, 1.165) is 5.56 Å². The van der Waals surface area contributed by atoms with E-state index in [1.807, 2.05) is 39.8 Å². The second kappa shape index (κ2) is 6.35. The Hall–Kier alpha value is -1.86. The zero-order chi connectivity index (χ0) is 14.5. The van der Waals surface area contributed by atoms with E-state index >= 15 is 0 Å². The predicted molar refractivity (Wildman–Crippen MR) is 75.5 cm³/mol. The van der Waals surface area contributed by atoms with Crippen molar-refractivity contribution in [3.05, 3.63) is 35.4 Å². The van der Waals surface area contributed by atoms with E-state index in [0.29, 0.717) is 12.1 Å². The number of rotatable bonds is 4. The number of benzene rings is 1.